The summed E-state index contributed by atoms with van der Waals surface area (Å²) in [5.41, 5.74) is 0.770. The molecule has 17 heavy (non-hydrogen) atoms. The van der Waals surface area contributed by atoms with E-state index in [0.717, 1.165) is 6.42 Å². The summed E-state index contributed by atoms with van der Waals surface area (Å²) >= 11 is 0. The van der Waals surface area contributed by atoms with Gasteiger partial charge in [0.2, 0.25) is 0 Å². The maximum atomic E-state index is 11.2. The molecule has 1 heterocycles. The number of ketones is 1. The fourth-order valence-electron chi connectivity index (χ4n) is 1.52. The highest BCUT2D eigenvalue weighted by Crippen LogP contribution is 2.21. The van der Waals surface area contributed by atoms with E-state index in [4.69, 9.17) is 5.11 Å². The van der Waals surface area contributed by atoms with Crippen LogP contribution >= 0.6 is 0 Å². The molecule has 0 aliphatic heterocycles. The van der Waals surface area contributed by atoms with Crippen molar-refractivity contribution in [3.05, 3.63) is 23.5 Å². The van der Waals surface area contributed by atoms with Gasteiger partial charge in [-0.3, -0.25) is 4.79 Å². The van der Waals surface area contributed by atoms with E-state index in [-0.39, 0.29) is 16.9 Å². The molecule has 1 aromatic rings. The van der Waals surface area contributed by atoms with Crippen LogP contribution < -0.4 is 0 Å². The number of hydrogen-bond donors (Lipinski definition) is 1. The Bertz CT molecular complexity index is 438. The Kier molecular flexibility index (Phi) is 3.76. The molecule has 1 N–H and O–H groups in total. The second-order valence-electron chi connectivity index (χ2n) is 5.48. The van der Waals surface area contributed by atoms with Gasteiger partial charge in [-0.1, -0.05) is 20.8 Å². The molecule has 0 spiro atoms. The molecule has 0 amide bonds. The van der Waals surface area contributed by atoms with E-state index in [2.05, 4.69) is 20.8 Å². The number of aromatic nitrogens is 1. The van der Waals surface area contributed by atoms with Crippen molar-refractivity contribution in [3.8, 4) is 0 Å². The summed E-state index contributed by atoms with van der Waals surface area (Å²) in [6.45, 7) is 8.35. The van der Waals surface area contributed by atoms with Crippen LogP contribution in [-0.2, 0) is 6.54 Å². The highest BCUT2D eigenvalue weighted by molar-refractivity contribution is 5.97. The zero-order chi connectivity index (χ0) is 13.2. The largest absolute Gasteiger partial charge is 0.477 e. The lowest BCUT2D eigenvalue weighted by Crippen LogP contribution is -2.13. The predicted molar refractivity (Wildman–Crippen MR) is 65.5 cm³/mol. The van der Waals surface area contributed by atoms with Gasteiger partial charge < -0.3 is 9.67 Å². The van der Waals surface area contributed by atoms with Crippen LogP contribution in [0.1, 0.15) is 55.0 Å². The zero-order valence-electron chi connectivity index (χ0n) is 10.8. The maximum Gasteiger partial charge on any atom is 0.352 e. The summed E-state index contributed by atoms with van der Waals surface area (Å²) in [5.74, 6) is -1.10. The normalized spacial score (nSPS) is 11.5. The summed E-state index contributed by atoms with van der Waals surface area (Å²) in [5, 5.41) is 9.06. The molecule has 0 aliphatic rings. The number of aryl methyl sites for hydroxylation is 1. The van der Waals surface area contributed by atoms with Gasteiger partial charge in [-0.2, -0.15) is 0 Å². The van der Waals surface area contributed by atoms with E-state index >= 15 is 0 Å². The highest BCUT2D eigenvalue weighted by Gasteiger charge is 2.17. The lowest BCUT2D eigenvalue weighted by molar-refractivity contribution is 0.0684. The number of carbonyl (C=O) groups excluding carboxylic acids is 1. The molecular weight excluding hydrogens is 218 g/mol. The summed E-state index contributed by atoms with van der Waals surface area (Å²) < 4.78 is 1.64. The molecule has 4 heteroatoms. The monoisotopic (exact) mass is 237 g/mol. The molecular formula is C13H19NO3. The Labute approximate surface area is 101 Å². The molecule has 0 aromatic carbocycles. The van der Waals surface area contributed by atoms with Crippen molar-refractivity contribution in [2.75, 3.05) is 0 Å². The van der Waals surface area contributed by atoms with Gasteiger partial charge in [-0.25, -0.2) is 4.79 Å². The summed E-state index contributed by atoms with van der Waals surface area (Å²) in [4.78, 5) is 22.3. The third-order valence-corrected chi connectivity index (χ3v) is 2.62. The van der Waals surface area contributed by atoms with E-state index in [9.17, 15) is 9.59 Å². The van der Waals surface area contributed by atoms with Gasteiger partial charge in [-0.15, -0.1) is 0 Å². The molecule has 0 fully saturated rings. The van der Waals surface area contributed by atoms with Gasteiger partial charge in [0.1, 0.15) is 5.69 Å². The Morgan fingerprint density at radius 1 is 1.35 bits per heavy atom. The van der Waals surface area contributed by atoms with Gasteiger partial charge in [-0.05, 0) is 24.8 Å². The number of hydrogen-bond acceptors (Lipinski definition) is 2. The van der Waals surface area contributed by atoms with Crippen molar-refractivity contribution in [1.29, 1.82) is 0 Å². The van der Waals surface area contributed by atoms with Crippen LogP contribution in [0.25, 0.3) is 0 Å². The molecule has 0 atom stereocenters. The standard InChI is InChI=1S/C13H19NO3/c1-9(15)10-7-11(12(16)17)14(8-10)6-5-13(2,3)4/h7-8H,5-6H2,1-4H3,(H,16,17). The Morgan fingerprint density at radius 2 is 1.94 bits per heavy atom. The van der Waals surface area contributed by atoms with Crippen molar-refractivity contribution in [1.82, 2.24) is 4.57 Å². The third kappa shape index (κ3) is 3.73. The van der Waals surface area contributed by atoms with Gasteiger partial charge in [0, 0.05) is 18.3 Å². The SMILES string of the molecule is CC(=O)c1cc(C(=O)O)n(CCC(C)(C)C)c1. The molecule has 0 saturated carbocycles. The Morgan fingerprint density at radius 3 is 2.35 bits per heavy atom. The van der Waals surface area contributed by atoms with Crippen molar-refractivity contribution >= 4 is 11.8 Å². The van der Waals surface area contributed by atoms with Crippen LogP contribution in [0.4, 0.5) is 0 Å². The van der Waals surface area contributed by atoms with Crippen LogP contribution in [0.5, 0.6) is 0 Å². The first kappa shape index (κ1) is 13.5. The third-order valence-electron chi connectivity index (χ3n) is 2.62. The molecule has 0 bridgehead atoms. The number of carboxylic acid groups (broad SMARTS) is 1. The number of carboxylic acids is 1. The fraction of sp³-hybridized carbons (Fsp3) is 0.538. The summed E-state index contributed by atoms with van der Waals surface area (Å²) in [6.07, 6.45) is 2.48. The second-order valence-corrected chi connectivity index (χ2v) is 5.48. The van der Waals surface area contributed by atoms with Gasteiger partial charge >= 0.3 is 5.97 Å². The van der Waals surface area contributed by atoms with Crippen molar-refractivity contribution in [2.24, 2.45) is 5.41 Å². The zero-order valence-corrected chi connectivity index (χ0v) is 10.8. The van der Waals surface area contributed by atoms with Gasteiger partial charge in [0.25, 0.3) is 0 Å². The topological polar surface area (TPSA) is 59.3 Å². The van der Waals surface area contributed by atoms with Crippen molar-refractivity contribution < 1.29 is 14.7 Å². The molecule has 0 saturated heterocycles. The van der Waals surface area contributed by atoms with Gasteiger partial charge in [0.05, 0.1) is 0 Å². The van der Waals surface area contributed by atoms with E-state index in [1.807, 2.05) is 0 Å². The van der Waals surface area contributed by atoms with Crippen LogP contribution in [0.3, 0.4) is 0 Å². The van der Waals surface area contributed by atoms with Crippen LogP contribution in [-0.4, -0.2) is 21.4 Å². The molecule has 94 valence electrons. The molecule has 1 rings (SSSR count). The Hall–Kier alpha value is -1.58. The highest BCUT2D eigenvalue weighted by atomic mass is 16.4. The van der Waals surface area contributed by atoms with Crippen molar-refractivity contribution in [2.45, 2.75) is 40.7 Å². The average molecular weight is 237 g/mol. The minimum atomic E-state index is -0.994. The van der Waals surface area contributed by atoms with Crippen molar-refractivity contribution in [3.63, 3.8) is 0 Å². The predicted octanol–water partition coefficient (Wildman–Crippen LogP) is 2.83. The van der Waals surface area contributed by atoms with E-state index in [1.165, 1.54) is 13.0 Å². The number of rotatable bonds is 4. The Balaban J connectivity index is 2.97. The van der Waals surface area contributed by atoms with E-state index < -0.39 is 5.97 Å². The maximum absolute atomic E-state index is 11.2. The number of aromatic carboxylic acids is 1. The molecule has 0 aliphatic carbocycles. The van der Waals surface area contributed by atoms with E-state index in [1.54, 1.807) is 10.8 Å². The number of Topliss-reactive ketones (excluding diaryl/α,β-unsaturated/α-hetero) is 1. The molecule has 0 radical (unpaired) electrons. The second kappa shape index (κ2) is 4.73. The minimum Gasteiger partial charge on any atom is -0.477 e. The van der Waals surface area contributed by atoms with Crippen LogP contribution in [0.2, 0.25) is 0 Å². The lowest BCUT2D eigenvalue weighted by Gasteiger charge is -2.18. The first-order chi connectivity index (χ1) is 7.70. The van der Waals surface area contributed by atoms with E-state index in [0.29, 0.717) is 12.1 Å². The van der Waals surface area contributed by atoms with Crippen LogP contribution in [0.15, 0.2) is 12.3 Å². The lowest BCUT2D eigenvalue weighted by atomic mass is 9.92. The van der Waals surface area contributed by atoms with Crippen LogP contribution in [0, 0.1) is 5.41 Å². The first-order valence-corrected chi connectivity index (χ1v) is 5.65. The molecule has 0 unspecified atom stereocenters. The quantitative estimate of drug-likeness (QED) is 0.819. The molecule has 1 aromatic heterocycles. The average Bonchev–Trinajstić information content (AvgIpc) is 2.57. The van der Waals surface area contributed by atoms with Gasteiger partial charge in [0.15, 0.2) is 5.78 Å². The smallest absolute Gasteiger partial charge is 0.352 e. The minimum absolute atomic E-state index is 0.109. The fourth-order valence-corrected chi connectivity index (χ4v) is 1.52. The number of nitrogens with zero attached hydrogens (tertiary/aromatic N) is 1. The summed E-state index contributed by atoms with van der Waals surface area (Å²) in [6, 6.07) is 1.44. The summed E-state index contributed by atoms with van der Waals surface area (Å²) in [7, 11) is 0. The first-order valence-electron chi connectivity index (χ1n) is 5.65. The number of carbonyl (C=O) groups is 2. The molecule has 4 nitrogen and oxygen atoms in total.